The third-order valence-corrected chi connectivity index (χ3v) is 2.22. The van der Waals surface area contributed by atoms with Crippen molar-refractivity contribution in [2.24, 2.45) is 5.73 Å². The van der Waals surface area contributed by atoms with E-state index in [1.807, 2.05) is 12.1 Å². The van der Waals surface area contributed by atoms with Gasteiger partial charge in [-0.1, -0.05) is 0 Å². The molecule has 0 aliphatic carbocycles. The second-order valence-corrected chi connectivity index (χ2v) is 3.28. The van der Waals surface area contributed by atoms with Crippen LogP contribution in [0, 0.1) is 0 Å². The molecule has 1 aliphatic rings. The zero-order chi connectivity index (χ0) is 9.80. The van der Waals surface area contributed by atoms with E-state index in [1.165, 1.54) is 0 Å². The smallest absolute Gasteiger partial charge is 0.184 e. The number of ether oxygens (including phenoxy) is 2. The molecule has 0 radical (unpaired) electrons. The van der Waals surface area contributed by atoms with Crippen molar-refractivity contribution in [1.29, 1.82) is 0 Å². The first-order valence-electron chi connectivity index (χ1n) is 4.77. The SMILES string of the molecule is NCCC1COC(c2ccncc2)O1. The van der Waals surface area contributed by atoms with Gasteiger partial charge < -0.3 is 15.2 Å². The van der Waals surface area contributed by atoms with E-state index in [1.54, 1.807) is 12.4 Å². The summed E-state index contributed by atoms with van der Waals surface area (Å²) in [5.74, 6) is 0. The van der Waals surface area contributed by atoms with Gasteiger partial charge in [-0.2, -0.15) is 0 Å². The molecule has 0 amide bonds. The molecular weight excluding hydrogens is 180 g/mol. The maximum absolute atomic E-state index is 5.66. The highest BCUT2D eigenvalue weighted by Gasteiger charge is 2.26. The van der Waals surface area contributed by atoms with Crippen LogP contribution in [0.5, 0.6) is 0 Å². The highest BCUT2D eigenvalue weighted by molar-refractivity contribution is 5.11. The van der Waals surface area contributed by atoms with Gasteiger partial charge in [0.15, 0.2) is 6.29 Å². The predicted octanol–water partition coefficient (Wildman–Crippen LogP) is 0.844. The van der Waals surface area contributed by atoms with Gasteiger partial charge in [-0.25, -0.2) is 0 Å². The maximum Gasteiger partial charge on any atom is 0.184 e. The molecule has 1 aromatic heterocycles. The molecule has 76 valence electrons. The fourth-order valence-corrected chi connectivity index (χ4v) is 1.48. The lowest BCUT2D eigenvalue weighted by Gasteiger charge is -2.10. The zero-order valence-corrected chi connectivity index (χ0v) is 7.93. The standard InChI is InChI=1S/C10H14N2O2/c11-4-1-9-7-13-10(14-9)8-2-5-12-6-3-8/h2-3,5-6,9-10H,1,4,7,11H2. The topological polar surface area (TPSA) is 57.4 Å². The molecule has 2 rings (SSSR count). The predicted molar refractivity (Wildman–Crippen MR) is 51.5 cm³/mol. The number of hydrogen-bond donors (Lipinski definition) is 1. The zero-order valence-electron chi connectivity index (χ0n) is 7.93. The Morgan fingerprint density at radius 1 is 1.43 bits per heavy atom. The van der Waals surface area contributed by atoms with E-state index in [2.05, 4.69) is 4.98 Å². The molecule has 0 saturated carbocycles. The van der Waals surface area contributed by atoms with Gasteiger partial charge in [0.25, 0.3) is 0 Å². The van der Waals surface area contributed by atoms with Crippen molar-refractivity contribution in [3.05, 3.63) is 30.1 Å². The van der Waals surface area contributed by atoms with Gasteiger partial charge in [0, 0.05) is 18.0 Å². The van der Waals surface area contributed by atoms with Crippen molar-refractivity contribution in [2.45, 2.75) is 18.8 Å². The van der Waals surface area contributed by atoms with Gasteiger partial charge in [0.2, 0.25) is 0 Å². The van der Waals surface area contributed by atoms with Gasteiger partial charge in [0.05, 0.1) is 12.7 Å². The summed E-state index contributed by atoms with van der Waals surface area (Å²) in [7, 11) is 0. The lowest BCUT2D eigenvalue weighted by atomic mass is 10.2. The van der Waals surface area contributed by atoms with Gasteiger partial charge in [0.1, 0.15) is 0 Å². The molecule has 1 saturated heterocycles. The summed E-state index contributed by atoms with van der Waals surface area (Å²) in [6.07, 6.45) is 4.21. The van der Waals surface area contributed by atoms with Crippen LogP contribution in [0.15, 0.2) is 24.5 Å². The Hall–Kier alpha value is -0.970. The van der Waals surface area contributed by atoms with Crippen LogP contribution in [0.3, 0.4) is 0 Å². The van der Waals surface area contributed by atoms with Crippen LogP contribution >= 0.6 is 0 Å². The average molecular weight is 194 g/mol. The number of rotatable bonds is 3. The number of hydrogen-bond acceptors (Lipinski definition) is 4. The van der Waals surface area contributed by atoms with Crippen molar-refractivity contribution < 1.29 is 9.47 Å². The third-order valence-electron chi connectivity index (χ3n) is 2.22. The van der Waals surface area contributed by atoms with E-state index in [0.717, 1.165) is 12.0 Å². The number of pyridine rings is 1. The van der Waals surface area contributed by atoms with Gasteiger partial charge in [-0.05, 0) is 25.1 Å². The molecule has 1 aromatic rings. The first kappa shape index (κ1) is 9.58. The molecule has 0 bridgehead atoms. The fraction of sp³-hybridized carbons (Fsp3) is 0.500. The third kappa shape index (κ3) is 2.09. The summed E-state index contributed by atoms with van der Waals surface area (Å²) in [5.41, 5.74) is 6.46. The van der Waals surface area contributed by atoms with Crippen molar-refractivity contribution in [3.8, 4) is 0 Å². The minimum atomic E-state index is -0.241. The van der Waals surface area contributed by atoms with E-state index in [4.69, 9.17) is 15.2 Å². The Labute approximate surface area is 83.0 Å². The second-order valence-electron chi connectivity index (χ2n) is 3.28. The summed E-state index contributed by atoms with van der Waals surface area (Å²) in [6.45, 7) is 1.27. The lowest BCUT2D eigenvalue weighted by molar-refractivity contribution is -0.0607. The molecule has 1 aliphatic heterocycles. The monoisotopic (exact) mass is 194 g/mol. The Kier molecular flexibility index (Phi) is 3.08. The van der Waals surface area contributed by atoms with Crippen LogP contribution in [0.4, 0.5) is 0 Å². The summed E-state index contributed by atoms with van der Waals surface area (Å²) in [4.78, 5) is 3.94. The van der Waals surface area contributed by atoms with Gasteiger partial charge in [-0.15, -0.1) is 0 Å². The van der Waals surface area contributed by atoms with Crippen molar-refractivity contribution in [3.63, 3.8) is 0 Å². The molecule has 4 heteroatoms. The van der Waals surface area contributed by atoms with Crippen LogP contribution in [0.25, 0.3) is 0 Å². The molecule has 2 atom stereocenters. The Bertz CT molecular complexity index is 279. The minimum absolute atomic E-state index is 0.137. The Morgan fingerprint density at radius 2 is 2.21 bits per heavy atom. The van der Waals surface area contributed by atoms with Gasteiger partial charge in [-0.3, -0.25) is 4.98 Å². The van der Waals surface area contributed by atoms with E-state index >= 15 is 0 Å². The molecule has 4 nitrogen and oxygen atoms in total. The lowest BCUT2D eigenvalue weighted by Crippen LogP contribution is -2.15. The van der Waals surface area contributed by atoms with Crippen molar-refractivity contribution in [1.82, 2.24) is 4.98 Å². The maximum atomic E-state index is 5.66. The molecule has 2 unspecified atom stereocenters. The van der Waals surface area contributed by atoms with Crippen LogP contribution in [0.2, 0.25) is 0 Å². The summed E-state index contributed by atoms with van der Waals surface area (Å²) in [5, 5.41) is 0. The quantitative estimate of drug-likeness (QED) is 0.774. The average Bonchev–Trinajstić information content (AvgIpc) is 2.68. The molecule has 1 fully saturated rings. The van der Waals surface area contributed by atoms with E-state index in [9.17, 15) is 0 Å². The molecule has 0 aromatic carbocycles. The number of nitrogens with two attached hydrogens (primary N) is 1. The molecular formula is C10H14N2O2. The minimum Gasteiger partial charge on any atom is -0.346 e. The molecule has 2 N–H and O–H groups in total. The summed E-state index contributed by atoms with van der Waals surface area (Å²) in [6, 6.07) is 3.80. The van der Waals surface area contributed by atoms with Crippen LogP contribution < -0.4 is 5.73 Å². The van der Waals surface area contributed by atoms with E-state index < -0.39 is 0 Å². The van der Waals surface area contributed by atoms with E-state index in [0.29, 0.717) is 13.2 Å². The second kappa shape index (κ2) is 4.50. The highest BCUT2D eigenvalue weighted by atomic mass is 16.7. The van der Waals surface area contributed by atoms with Crippen molar-refractivity contribution in [2.75, 3.05) is 13.2 Å². The van der Waals surface area contributed by atoms with Gasteiger partial charge >= 0.3 is 0 Å². The first-order valence-corrected chi connectivity index (χ1v) is 4.77. The normalized spacial score (nSPS) is 26.6. The van der Waals surface area contributed by atoms with Crippen molar-refractivity contribution >= 4 is 0 Å². The fourth-order valence-electron chi connectivity index (χ4n) is 1.48. The number of aromatic nitrogens is 1. The largest absolute Gasteiger partial charge is 0.346 e. The van der Waals surface area contributed by atoms with Crippen LogP contribution in [-0.4, -0.2) is 24.2 Å². The summed E-state index contributed by atoms with van der Waals surface area (Å²) >= 11 is 0. The first-order chi connectivity index (χ1) is 6.90. The molecule has 14 heavy (non-hydrogen) atoms. The van der Waals surface area contributed by atoms with Crippen LogP contribution in [-0.2, 0) is 9.47 Å². The number of nitrogens with zero attached hydrogens (tertiary/aromatic N) is 1. The molecule has 0 spiro atoms. The van der Waals surface area contributed by atoms with Crippen LogP contribution in [0.1, 0.15) is 18.3 Å². The van der Waals surface area contributed by atoms with E-state index in [-0.39, 0.29) is 12.4 Å². The molecule has 2 heterocycles. The summed E-state index contributed by atoms with van der Waals surface area (Å²) < 4.78 is 11.2. The Balaban J connectivity index is 1.96. The highest BCUT2D eigenvalue weighted by Crippen LogP contribution is 2.27. The Morgan fingerprint density at radius 3 is 2.93 bits per heavy atom.